The summed E-state index contributed by atoms with van der Waals surface area (Å²) in [6.07, 6.45) is 9.64. The molecule has 0 fully saturated rings. The van der Waals surface area contributed by atoms with Crippen LogP contribution in [0.25, 0.3) is 11.4 Å². The maximum atomic E-state index is 12.5. The third kappa shape index (κ3) is 2.54. The Labute approximate surface area is 135 Å². The van der Waals surface area contributed by atoms with Crippen molar-refractivity contribution in [1.82, 2.24) is 40.0 Å². The summed E-state index contributed by atoms with van der Waals surface area (Å²) >= 11 is 0. The van der Waals surface area contributed by atoms with Crippen LogP contribution in [0.15, 0.2) is 61.4 Å². The van der Waals surface area contributed by atoms with Gasteiger partial charge < -0.3 is 0 Å². The van der Waals surface area contributed by atoms with Gasteiger partial charge in [-0.2, -0.15) is 0 Å². The highest BCUT2D eigenvalue weighted by molar-refractivity contribution is 6.05. The van der Waals surface area contributed by atoms with E-state index in [9.17, 15) is 4.79 Å². The van der Waals surface area contributed by atoms with Gasteiger partial charge in [0.05, 0.1) is 23.8 Å². The predicted molar refractivity (Wildman–Crippen MR) is 81.7 cm³/mol. The molecule has 0 aliphatic carbocycles. The third-order valence-electron chi connectivity index (χ3n) is 3.31. The molecule has 0 saturated carbocycles. The molecule has 0 bridgehead atoms. The maximum absolute atomic E-state index is 12.5. The van der Waals surface area contributed by atoms with Crippen LogP contribution in [-0.2, 0) is 0 Å². The SMILES string of the molecule is O=C(c1cn(-c2ccncc2)nn1)c1cn(-c2ccncc2)nn1. The molecule has 4 rings (SSSR count). The van der Waals surface area contributed by atoms with Crippen molar-refractivity contribution in [3.05, 3.63) is 72.8 Å². The summed E-state index contributed by atoms with van der Waals surface area (Å²) in [4.78, 5) is 20.4. The lowest BCUT2D eigenvalue weighted by atomic mass is 10.2. The van der Waals surface area contributed by atoms with Gasteiger partial charge in [-0.3, -0.25) is 14.8 Å². The van der Waals surface area contributed by atoms with Gasteiger partial charge in [-0.1, -0.05) is 10.4 Å². The van der Waals surface area contributed by atoms with E-state index in [2.05, 4.69) is 30.6 Å². The molecule has 9 heteroatoms. The van der Waals surface area contributed by atoms with Crippen molar-refractivity contribution >= 4 is 5.78 Å². The average molecular weight is 318 g/mol. The van der Waals surface area contributed by atoms with Crippen LogP contribution < -0.4 is 0 Å². The Morgan fingerprint density at radius 3 is 1.54 bits per heavy atom. The minimum Gasteiger partial charge on any atom is -0.285 e. The first-order chi connectivity index (χ1) is 11.8. The largest absolute Gasteiger partial charge is 0.285 e. The fourth-order valence-corrected chi connectivity index (χ4v) is 2.11. The standard InChI is InChI=1S/C15H10N8O/c24-15(13-9-22(20-18-13)11-1-5-16-6-2-11)14-10-23(21-19-14)12-3-7-17-8-4-12/h1-10H. The molecule has 0 N–H and O–H groups in total. The Balaban J connectivity index is 1.61. The number of ketones is 1. The Morgan fingerprint density at radius 2 is 1.12 bits per heavy atom. The highest BCUT2D eigenvalue weighted by atomic mass is 16.1. The average Bonchev–Trinajstić information content (AvgIpc) is 3.33. The van der Waals surface area contributed by atoms with Crippen molar-refractivity contribution in [2.75, 3.05) is 0 Å². The number of rotatable bonds is 4. The van der Waals surface area contributed by atoms with Gasteiger partial charge in [-0.15, -0.1) is 10.2 Å². The molecule has 0 aromatic carbocycles. The van der Waals surface area contributed by atoms with Crippen LogP contribution >= 0.6 is 0 Å². The lowest BCUT2D eigenvalue weighted by Gasteiger charge is -1.97. The summed E-state index contributed by atoms with van der Waals surface area (Å²) in [5, 5.41) is 15.7. The zero-order valence-electron chi connectivity index (χ0n) is 12.3. The van der Waals surface area contributed by atoms with Crippen molar-refractivity contribution in [1.29, 1.82) is 0 Å². The minimum absolute atomic E-state index is 0.189. The first-order valence-corrected chi connectivity index (χ1v) is 7.01. The first kappa shape index (κ1) is 13.9. The van der Waals surface area contributed by atoms with E-state index in [1.54, 1.807) is 61.4 Å². The molecule has 0 spiro atoms. The van der Waals surface area contributed by atoms with E-state index >= 15 is 0 Å². The lowest BCUT2D eigenvalue weighted by molar-refractivity contribution is 0.102. The zero-order chi connectivity index (χ0) is 16.4. The summed E-state index contributed by atoms with van der Waals surface area (Å²) in [5.74, 6) is -0.351. The number of hydrogen-bond donors (Lipinski definition) is 0. The van der Waals surface area contributed by atoms with Crippen molar-refractivity contribution in [2.24, 2.45) is 0 Å². The lowest BCUT2D eigenvalue weighted by Crippen LogP contribution is -2.02. The van der Waals surface area contributed by atoms with Crippen LogP contribution in [0.3, 0.4) is 0 Å². The van der Waals surface area contributed by atoms with E-state index in [1.165, 1.54) is 9.36 Å². The van der Waals surface area contributed by atoms with Crippen LogP contribution in [0.1, 0.15) is 16.2 Å². The molecule has 0 amide bonds. The Kier molecular flexibility index (Phi) is 3.35. The molecule has 4 aromatic rings. The van der Waals surface area contributed by atoms with Gasteiger partial charge in [0.1, 0.15) is 0 Å². The van der Waals surface area contributed by atoms with Crippen LogP contribution in [-0.4, -0.2) is 45.7 Å². The minimum atomic E-state index is -0.351. The molecule has 4 aromatic heterocycles. The van der Waals surface area contributed by atoms with Gasteiger partial charge in [-0.05, 0) is 24.3 Å². The molecule has 0 saturated heterocycles. The van der Waals surface area contributed by atoms with Crippen molar-refractivity contribution in [3.8, 4) is 11.4 Å². The van der Waals surface area contributed by atoms with Crippen molar-refractivity contribution in [2.45, 2.75) is 0 Å². The Bertz CT molecular complexity index is 897. The van der Waals surface area contributed by atoms with E-state index in [-0.39, 0.29) is 17.2 Å². The second-order valence-electron chi connectivity index (χ2n) is 4.84. The van der Waals surface area contributed by atoms with Gasteiger partial charge in [0.15, 0.2) is 11.4 Å². The summed E-state index contributed by atoms with van der Waals surface area (Å²) in [6, 6.07) is 7.07. The second kappa shape index (κ2) is 5.80. The number of pyridine rings is 2. The Hall–Kier alpha value is -3.75. The first-order valence-electron chi connectivity index (χ1n) is 7.01. The number of carbonyl (C=O) groups excluding carboxylic acids is 1. The van der Waals surface area contributed by atoms with E-state index < -0.39 is 0 Å². The molecule has 0 atom stereocenters. The van der Waals surface area contributed by atoms with E-state index in [1.807, 2.05) is 0 Å². The normalized spacial score (nSPS) is 10.7. The molecular weight excluding hydrogens is 308 g/mol. The van der Waals surface area contributed by atoms with Gasteiger partial charge in [0.25, 0.3) is 0 Å². The number of carbonyl (C=O) groups is 1. The van der Waals surface area contributed by atoms with Crippen LogP contribution in [0.5, 0.6) is 0 Å². The smallest absolute Gasteiger partial charge is 0.236 e. The Morgan fingerprint density at radius 1 is 0.708 bits per heavy atom. The summed E-state index contributed by atoms with van der Waals surface area (Å²) in [7, 11) is 0. The maximum Gasteiger partial charge on any atom is 0.236 e. The molecule has 24 heavy (non-hydrogen) atoms. The summed E-state index contributed by atoms with van der Waals surface area (Å²) in [5.41, 5.74) is 1.90. The molecule has 116 valence electrons. The molecule has 0 radical (unpaired) electrons. The highest BCUT2D eigenvalue weighted by Gasteiger charge is 2.18. The van der Waals surface area contributed by atoms with Crippen LogP contribution in [0.4, 0.5) is 0 Å². The zero-order valence-corrected chi connectivity index (χ0v) is 12.3. The molecule has 9 nitrogen and oxygen atoms in total. The fraction of sp³-hybridized carbons (Fsp3) is 0. The fourth-order valence-electron chi connectivity index (χ4n) is 2.11. The molecule has 0 aliphatic rings. The number of nitrogens with zero attached hydrogens (tertiary/aromatic N) is 8. The molecule has 0 unspecified atom stereocenters. The summed E-state index contributed by atoms with van der Waals surface area (Å²) in [6.45, 7) is 0. The number of hydrogen-bond acceptors (Lipinski definition) is 7. The monoisotopic (exact) mass is 318 g/mol. The van der Waals surface area contributed by atoms with E-state index in [0.717, 1.165) is 11.4 Å². The second-order valence-corrected chi connectivity index (χ2v) is 4.84. The molecule has 0 aliphatic heterocycles. The quantitative estimate of drug-likeness (QED) is 0.514. The molecule has 4 heterocycles. The molecular formula is C15H10N8O. The third-order valence-corrected chi connectivity index (χ3v) is 3.31. The topological polar surface area (TPSA) is 104 Å². The van der Waals surface area contributed by atoms with Gasteiger partial charge in [-0.25, -0.2) is 9.36 Å². The van der Waals surface area contributed by atoms with Crippen molar-refractivity contribution < 1.29 is 4.79 Å². The predicted octanol–water partition coefficient (Wildman–Crippen LogP) is 0.869. The summed E-state index contributed by atoms with van der Waals surface area (Å²) < 4.78 is 3.00. The number of aromatic nitrogens is 8. The van der Waals surface area contributed by atoms with Crippen molar-refractivity contribution in [3.63, 3.8) is 0 Å². The van der Waals surface area contributed by atoms with E-state index in [0.29, 0.717) is 0 Å². The van der Waals surface area contributed by atoms with Crippen LogP contribution in [0.2, 0.25) is 0 Å². The van der Waals surface area contributed by atoms with Gasteiger partial charge in [0.2, 0.25) is 5.78 Å². The van der Waals surface area contributed by atoms with Gasteiger partial charge >= 0.3 is 0 Å². The highest BCUT2D eigenvalue weighted by Crippen LogP contribution is 2.10. The van der Waals surface area contributed by atoms with E-state index in [4.69, 9.17) is 0 Å². The van der Waals surface area contributed by atoms with Crippen LogP contribution in [0, 0.1) is 0 Å². The van der Waals surface area contributed by atoms with Gasteiger partial charge in [0, 0.05) is 24.8 Å².